The summed E-state index contributed by atoms with van der Waals surface area (Å²) in [6.45, 7) is -0.638. The molecule has 0 spiro atoms. The molecule has 0 atom stereocenters. The molecule has 0 fully saturated rings. The Morgan fingerprint density at radius 3 is 2.50 bits per heavy atom. The van der Waals surface area contributed by atoms with Crippen LogP contribution in [0, 0.1) is 0 Å². The van der Waals surface area contributed by atoms with Crippen molar-refractivity contribution in [2.45, 2.75) is 6.18 Å². The molecule has 0 saturated carbocycles. The molecule has 5 nitrogen and oxygen atoms in total. The van der Waals surface area contributed by atoms with E-state index in [4.69, 9.17) is 16.7 Å². The van der Waals surface area contributed by atoms with Crippen LogP contribution in [0.3, 0.4) is 0 Å². The molecule has 1 aromatic carbocycles. The van der Waals surface area contributed by atoms with Crippen molar-refractivity contribution in [3.05, 3.63) is 28.8 Å². The summed E-state index contributed by atoms with van der Waals surface area (Å²) in [5.74, 6) is -1.28. The third-order valence-corrected chi connectivity index (χ3v) is 2.48. The average molecular weight is 311 g/mol. The van der Waals surface area contributed by atoms with E-state index in [9.17, 15) is 22.8 Å². The minimum atomic E-state index is -4.70. The van der Waals surface area contributed by atoms with Crippen LogP contribution in [0.25, 0.3) is 0 Å². The molecule has 0 unspecified atom stereocenters. The van der Waals surface area contributed by atoms with Gasteiger partial charge in [0, 0.05) is 12.1 Å². The number of anilines is 1. The smallest absolute Gasteiger partial charge is 0.418 e. The van der Waals surface area contributed by atoms with Gasteiger partial charge in [-0.2, -0.15) is 13.2 Å². The Morgan fingerprint density at radius 1 is 1.40 bits per heavy atom. The molecule has 2 N–H and O–H groups in total. The number of rotatable bonds is 3. The number of hydrogen-bond donors (Lipinski definition) is 2. The van der Waals surface area contributed by atoms with Gasteiger partial charge in [0.05, 0.1) is 11.3 Å². The molecule has 0 bridgehead atoms. The summed E-state index contributed by atoms with van der Waals surface area (Å²) in [6.07, 6.45) is -4.70. The standard InChI is InChI=1S/C11H10ClF3N2O3/c1-17(5-9(18)19)10(20)16-8-3-2-6(12)4-7(8)11(13,14)15/h2-4H,5H2,1H3,(H,16,20)(H,18,19). The number of benzene rings is 1. The number of carboxylic acids is 1. The molecule has 0 aliphatic rings. The lowest BCUT2D eigenvalue weighted by Gasteiger charge is -2.18. The summed E-state index contributed by atoms with van der Waals surface area (Å²) in [5, 5.41) is 10.4. The molecule has 0 heterocycles. The highest BCUT2D eigenvalue weighted by Gasteiger charge is 2.34. The predicted octanol–water partition coefficient (Wildman–Crippen LogP) is 2.91. The molecule has 2 amide bonds. The van der Waals surface area contributed by atoms with Crippen LogP contribution in [0.5, 0.6) is 0 Å². The Labute approximate surface area is 116 Å². The maximum atomic E-state index is 12.8. The first-order chi connectivity index (χ1) is 9.11. The lowest BCUT2D eigenvalue weighted by molar-refractivity contribution is -0.138. The van der Waals surface area contributed by atoms with Gasteiger partial charge in [-0.1, -0.05) is 11.6 Å². The number of nitrogens with one attached hydrogen (secondary N) is 1. The fourth-order valence-electron chi connectivity index (χ4n) is 1.35. The van der Waals surface area contributed by atoms with Crippen LogP contribution in [-0.2, 0) is 11.0 Å². The molecule has 0 aliphatic heterocycles. The molecule has 1 aromatic rings. The zero-order valence-electron chi connectivity index (χ0n) is 10.2. The predicted molar refractivity (Wildman–Crippen MR) is 65.7 cm³/mol. The van der Waals surface area contributed by atoms with E-state index < -0.39 is 36.0 Å². The number of carbonyl (C=O) groups excluding carboxylic acids is 1. The first kappa shape index (κ1) is 16.1. The largest absolute Gasteiger partial charge is 0.480 e. The van der Waals surface area contributed by atoms with Crippen molar-refractivity contribution >= 4 is 29.3 Å². The van der Waals surface area contributed by atoms with Gasteiger partial charge in [-0.15, -0.1) is 0 Å². The fourth-order valence-corrected chi connectivity index (χ4v) is 1.52. The molecular formula is C11H10ClF3N2O3. The van der Waals surface area contributed by atoms with E-state index in [-0.39, 0.29) is 5.02 Å². The Kier molecular flexibility index (Phi) is 4.83. The highest BCUT2D eigenvalue weighted by molar-refractivity contribution is 6.30. The van der Waals surface area contributed by atoms with Crippen molar-refractivity contribution in [1.29, 1.82) is 0 Å². The zero-order valence-corrected chi connectivity index (χ0v) is 10.9. The van der Waals surface area contributed by atoms with Gasteiger partial charge in [-0.05, 0) is 18.2 Å². The quantitative estimate of drug-likeness (QED) is 0.902. The summed E-state index contributed by atoms with van der Waals surface area (Å²) in [4.78, 5) is 22.7. The number of alkyl halides is 3. The maximum Gasteiger partial charge on any atom is 0.418 e. The highest BCUT2D eigenvalue weighted by Crippen LogP contribution is 2.36. The molecule has 1 rings (SSSR count). The van der Waals surface area contributed by atoms with Gasteiger partial charge in [-0.25, -0.2) is 4.79 Å². The molecule has 0 aromatic heterocycles. The second-order valence-corrected chi connectivity index (χ2v) is 4.30. The minimum absolute atomic E-state index is 0.130. The van der Waals surface area contributed by atoms with Gasteiger partial charge in [0.15, 0.2) is 0 Å². The summed E-state index contributed by atoms with van der Waals surface area (Å²) in [7, 11) is 1.15. The van der Waals surface area contributed by atoms with E-state index >= 15 is 0 Å². The monoisotopic (exact) mass is 310 g/mol. The number of nitrogens with zero attached hydrogens (tertiary/aromatic N) is 1. The first-order valence-electron chi connectivity index (χ1n) is 5.22. The van der Waals surface area contributed by atoms with Crippen LogP contribution in [-0.4, -0.2) is 35.6 Å². The SMILES string of the molecule is CN(CC(=O)O)C(=O)Nc1ccc(Cl)cc1C(F)(F)F. The molecule has 0 radical (unpaired) electrons. The number of likely N-dealkylation sites (N-methyl/N-ethyl adjacent to an activating group) is 1. The Bertz CT molecular complexity index is 534. The normalized spacial score (nSPS) is 11.1. The van der Waals surface area contributed by atoms with E-state index in [1.54, 1.807) is 0 Å². The topological polar surface area (TPSA) is 69.6 Å². The van der Waals surface area contributed by atoms with Crippen molar-refractivity contribution in [2.24, 2.45) is 0 Å². The van der Waals surface area contributed by atoms with Gasteiger partial charge in [0.1, 0.15) is 6.54 Å². The van der Waals surface area contributed by atoms with Crippen molar-refractivity contribution in [1.82, 2.24) is 4.90 Å². The molecule has 0 saturated heterocycles. The van der Waals surface area contributed by atoms with Gasteiger partial charge in [-0.3, -0.25) is 4.79 Å². The molecule has 9 heteroatoms. The van der Waals surface area contributed by atoms with Gasteiger partial charge in [0.25, 0.3) is 0 Å². The highest BCUT2D eigenvalue weighted by atomic mass is 35.5. The Morgan fingerprint density at radius 2 is 2.00 bits per heavy atom. The Balaban J connectivity index is 2.98. The van der Waals surface area contributed by atoms with Crippen molar-refractivity contribution < 1.29 is 27.9 Å². The number of halogens is 4. The fraction of sp³-hybridized carbons (Fsp3) is 0.273. The maximum absolute atomic E-state index is 12.8. The van der Waals surface area contributed by atoms with E-state index in [1.165, 1.54) is 6.07 Å². The van der Waals surface area contributed by atoms with Gasteiger partial charge < -0.3 is 15.3 Å². The van der Waals surface area contributed by atoms with Crippen LogP contribution in [0.1, 0.15) is 5.56 Å². The molecular weight excluding hydrogens is 301 g/mol. The molecule has 110 valence electrons. The number of amides is 2. The van der Waals surface area contributed by atoms with Crippen LogP contribution in [0.4, 0.5) is 23.7 Å². The van der Waals surface area contributed by atoms with Crippen molar-refractivity contribution in [3.8, 4) is 0 Å². The summed E-state index contributed by atoms with van der Waals surface area (Å²) >= 11 is 5.49. The van der Waals surface area contributed by atoms with Crippen molar-refractivity contribution in [2.75, 3.05) is 18.9 Å². The zero-order chi connectivity index (χ0) is 15.5. The van der Waals surface area contributed by atoms with Gasteiger partial charge >= 0.3 is 18.2 Å². The second-order valence-electron chi connectivity index (χ2n) is 3.87. The van der Waals surface area contributed by atoms with Crippen molar-refractivity contribution in [3.63, 3.8) is 0 Å². The minimum Gasteiger partial charge on any atom is -0.480 e. The summed E-state index contributed by atoms with van der Waals surface area (Å²) < 4.78 is 38.3. The van der Waals surface area contributed by atoms with Gasteiger partial charge in [0.2, 0.25) is 0 Å². The second kappa shape index (κ2) is 6.00. The van der Waals surface area contributed by atoms with E-state index in [0.29, 0.717) is 6.07 Å². The van der Waals surface area contributed by atoms with E-state index in [2.05, 4.69) is 0 Å². The third-order valence-electron chi connectivity index (χ3n) is 2.25. The molecule has 0 aliphatic carbocycles. The summed E-state index contributed by atoms with van der Waals surface area (Å²) in [5.41, 5.74) is -1.61. The Hall–Kier alpha value is -1.96. The number of hydrogen-bond acceptors (Lipinski definition) is 2. The average Bonchev–Trinajstić information content (AvgIpc) is 2.29. The van der Waals surface area contributed by atoms with Crippen LogP contribution in [0.15, 0.2) is 18.2 Å². The van der Waals surface area contributed by atoms with E-state index in [1.807, 2.05) is 5.32 Å². The number of carboxylic acid groups (broad SMARTS) is 1. The molecule has 20 heavy (non-hydrogen) atoms. The number of aliphatic carboxylic acids is 1. The lowest BCUT2D eigenvalue weighted by Crippen LogP contribution is -2.35. The lowest BCUT2D eigenvalue weighted by atomic mass is 10.1. The number of urea groups is 1. The van der Waals surface area contributed by atoms with Crippen LogP contribution >= 0.6 is 11.6 Å². The van der Waals surface area contributed by atoms with E-state index in [0.717, 1.165) is 18.0 Å². The van der Waals surface area contributed by atoms with Crippen LogP contribution in [0.2, 0.25) is 5.02 Å². The summed E-state index contributed by atoms with van der Waals surface area (Å²) in [6, 6.07) is 1.88. The number of carbonyl (C=O) groups is 2. The first-order valence-corrected chi connectivity index (χ1v) is 5.59. The van der Waals surface area contributed by atoms with Crippen LogP contribution < -0.4 is 5.32 Å². The third kappa shape index (κ3) is 4.30.